The smallest absolute Gasteiger partial charge is 0.287 e. The standard InChI is InChI=1S/C6H10N4O2/c7-2-5(8)6-1-4(3-9-6)10(11)12/h1,3,5,9H,2,7-8H2. The highest BCUT2D eigenvalue weighted by Gasteiger charge is 2.12. The third kappa shape index (κ3) is 1.60. The average Bonchev–Trinajstić information content (AvgIpc) is 2.51. The number of rotatable bonds is 3. The van der Waals surface area contributed by atoms with Gasteiger partial charge in [0.05, 0.1) is 17.2 Å². The molecule has 0 spiro atoms. The van der Waals surface area contributed by atoms with Crippen molar-refractivity contribution >= 4 is 5.69 Å². The molecule has 1 aromatic rings. The van der Waals surface area contributed by atoms with Gasteiger partial charge in [-0.3, -0.25) is 10.1 Å². The van der Waals surface area contributed by atoms with Crippen molar-refractivity contribution in [3.8, 4) is 0 Å². The number of nitro groups is 1. The van der Waals surface area contributed by atoms with Crippen LogP contribution in [0.1, 0.15) is 11.7 Å². The SMILES string of the molecule is NCC(N)c1cc([N+](=O)[O-])c[nH]1. The van der Waals surface area contributed by atoms with E-state index in [0.29, 0.717) is 5.69 Å². The van der Waals surface area contributed by atoms with Crippen LogP contribution in [0.15, 0.2) is 12.3 Å². The minimum absolute atomic E-state index is 0.00824. The number of H-pyrrole nitrogens is 1. The Morgan fingerprint density at radius 1 is 1.75 bits per heavy atom. The molecule has 66 valence electrons. The van der Waals surface area contributed by atoms with Gasteiger partial charge in [-0.15, -0.1) is 0 Å². The van der Waals surface area contributed by atoms with Gasteiger partial charge < -0.3 is 16.5 Å². The van der Waals surface area contributed by atoms with Crippen molar-refractivity contribution in [3.05, 3.63) is 28.1 Å². The molecule has 0 aliphatic carbocycles. The fourth-order valence-electron chi connectivity index (χ4n) is 0.846. The van der Waals surface area contributed by atoms with Gasteiger partial charge in [-0.2, -0.15) is 0 Å². The molecule has 6 heteroatoms. The lowest BCUT2D eigenvalue weighted by Gasteiger charge is -2.03. The molecule has 0 amide bonds. The number of aromatic amines is 1. The van der Waals surface area contributed by atoms with Gasteiger partial charge in [-0.25, -0.2) is 0 Å². The van der Waals surface area contributed by atoms with Crippen LogP contribution < -0.4 is 11.5 Å². The lowest BCUT2D eigenvalue weighted by molar-refractivity contribution is -0.384. The van der Waals surface area contributed by atoms with Crippen LogP contribution in [0, 0.1) is 10.1 Å². The van der Waals surface area contributed by atoms with E-state index in [2.05, 4.69) is 4.98 Å². The summed E-state index contributed by atoms with van der Waals surface area (Å²) in [5, 5.41) is 10.2. The predicted octanol–water partition coefficient (Wildman–Crippen LogP) is -0.119. The highest BCUT2D eigenvalue weighted by atomic mass is 16.6. The second-order valence-corrected chi connectivity index (χ2v) is 2.41. The Labute approximate surface area is 68.7 Å². The first kappa shape index (κ1) is 8.69. The Morgan fingerprint density at radius 3 is 2.83 bits per heavy atom. The van der Waals surface area contributed by atoms with E-state index in [1.807, 2.05) is 0 Å². The summed E-state index contributed by atoms with van der Waals surface area (Å²) in [6.45, 7) is 0.262. The van der Waals surface area contributed by atoms with Crippen LogP contribution in [-0.2, 0) is 0 Å². The molecule has 0 aliphatic rings. The number of aromatic nitrogens is 1. The van der Waals surface area contributed by atoms with E-state index in [1.165, 1.54) is 12.3 Å². The van der Waals surface area contributed by atoms with Gasteiger partial charge in [0.15, 0.2) is 0 Å². The van der Waals surface area contributed by atoms with Crippen LogP contribution in [0.4, 0.5) is 5.69 Å². The fourth-order valence-corrected chi connectivity index (χ4v) is 0.846. The summed E-state index contributed by atoms with van der Waals surface area (Å²) in [5.74, 6) is 0. The number of nitrogens with zero attached hydrogens (tertiary/aromatic N) is 1. The van der Waals surface area contributed by atoms with Gasteiger partial charge in [0.2, 0.25) is 0 Å². The predicted molar refractivity (Wildman–Crippen MR) is 43.4 cm³/mol. The number of nitrogens with one attached hydrogen (secondary N) is 1. The maximum atomic E-state index is 10.2. The number of nitrogens with two attached hydrogens (primary N) is 2. The van der Waals surface area contributed by atoms with Crippen LogP contribution in [0.5, 0.6) is 0 Å². The van der Waals surface area contributed by atoms with E-state index >= 15 is 0 Å². The zero-order valence-electron chi connectivity index (χ0n) is 6.36. The molecule has 12 heavy (non-hydrogen) atoms. The third-order valence-corrected chi connectivity index (χ3v) is 1.55. The van der Waals surface area contributed by atoms with Crippen LogP contribution >= 0.6 is 0 Å². The largest absolute Gasteiger partial charge is 0.358 e. The molecule has 0 saturated carbocycles. The Balaban J connectivity index is 2.84. The third-order valence-electron chi connectivity index (χ3n) is 1.55. The molecule has 0 bridgehead atoms. The van der Waals surface area contributed by atoms with Crippen molar-refractivity contribution in [2.24, 2.45) is 11.5 Å². The van der Waals surface area contributed by atoms with E-state index < -0.39 is 4.92 Å². The van der Waals surface area contributed by atoms with Crippen molar-refractivity contribution in [1.82, 2.24) is 4.98 Å². The highest BCUT2D eigenvalue weighted by Crippen LogP contribution is 2.15. The molecular weight excluding hydrogens is 160 g/mol. The molecule has 1 atom stereocenters. The van der Waals surface area contributed by atoms with Gasteiger partial charge in [0, 0.05) is 18.3 Å². The molecule has 6 nitrogen and oxygen atoms in total. The zero-order valence-corrected chi connectivity index (χ0v) is 6.36. The molecule has 5 N–H and O–H groups in total. The maximum Gasteiger partial charge on any atom is 0.287 e. The van der Waals surface area contributed by atoms with Gasteiger partial charge in [0.25, 0.3) is 5.69 Å². The minimum Gasteiger partial charge on any atom is -0.358 e. The molecule has 0 aliphatic heterocycles. The van der Waals surface area contributed by atoms with E-state index in [4.69, 9.17) is 11.5 Å². The zero-order chi connectivity index (χ0) is 9.14. The maximum absolute atomic E-state index is 10.2. The first-order valence-corrected chi connectivity index (χ1v) is 3.43. The summed E-state index contributed by atoms with van der Waals surface area (Å²) >= 11 is 0. The summed E-state index contributed by atoms with van der Waals surface area (Å²) in [6, 6.07) is 1.02. The van der Waals surface area contributed by atoms with Crippen molar-refractivity contribution in [2.75, 3.05) is 6.54 Å². The summed E-state index contributed by atoms with van der Waals surface area (Å²) in [4.78, 5) is 12.4. The van der Waals surface area contributed by atoms with E-state index in [0.717, 1.165) is 0 Å². The lowest BCUT2D eigenvalue weighted by atomic mass is 10.2. The molecule has 1 rings (SSSR count). The van der Waals surface area contributed by atoms with Crippen molar-refractivity contribution in [3.63, 3.8) is 0 Å². The lowest BCUT2D eigenvalue weighted by Crippen LogP contribution is -2.20. The van der Waals surface area contributed by atoms with Gasteiger partial charge in [-0.05, 0) is 0 Å². The molecule has 0 saturated heterocycles. The summed E-state index contributed by atoms with van der Waals surface area (Å²) in [5.41, 5.74) is 11.4. The van der Waals surface area contributed by atoms with Crippen molar-refractivity contribution < 1.29 is 4.92 Å². The quantitative estimate of drug-likeness (QED) is 0.433. The van der Waals surface area contributed by atoms with E-state index in [9.17, 15) is 10.1 Å². The summed E-state index contributed by atoms with van der Waals surface area (Å²) in [6.07, 6.45) is 1.30. The van der Waals surface area contributed by atoms with Gasteiger partial charge in [0.1, 0.15) is 0 Å². The summed E-state index contributed by atoms with van der Waals surface area (Å²) in [7, 11) is 0. The fraction of sp³-hybridized carbons (Fsp3) is 0.333. The Morgan fingerprint density at radius 2 is 2.42 bits per heavy atom. The molecule has 0 fully saturated rings. The van der Waals surface area contributed by atoms with Crippen LogP contribution in [0.2, 0.25) is 0 Å². The number of hydrogen-bond donors (Lipinski definition) is 3. The molecule has 1 heterocycles. The average molecular weight is 170 g/mol. The molecule has 1 aromatic heterocycles. The Hall–Kier alpha value is -1.40. The van der Waals surface area contributed by atoms with Gasteiger partial charge >= 0.3 is 0 Å². The second kappa shape index (κ2) is 3.33. The van der Waals surface area contributed by atoms with Crippen LogP contribution in [0.25, 0.3) is 0 Å². The first-order valence-electron chi connectivity index (χ1n) is 3.43. The molecular formula is C6H10N4O2. The van der Waals surface area contributed by atoms with E-state index in [1.54, 1.807) is 0 Å². The second-order valence-electron chi connectivity index (χ2n) is 2.41. The van der Waals surface area contributed by atoms with Crippen molar-refractivity contribution in [1.29, 1.82) is 0 Å². The molecule has 0 aromatic carbocycles. The Kier molecular flexibility index (Phi) is 2.41. The molecule has 1 unspecified atom stereocenters. The van der Waals surface area contributed by atoms with Crippen LogP contribution in [0.3, 0.4) is 0 Å². The normalized spacial score (nSPS) is 12.8. The van der Waals surface area contributed by atoms with Gasteiger partial charge in [-0.1, -0.05) is 0 Å². The van der Waals surface area contributed by atoms with Crippen molar-refractivity contribution in [2.45, 2.75) is 6.04 Å². The monoisotopic (exact) mass is 170 g/mol. The molecule has 0 radical (unpaired) electrons. The highest BCUT2D eigenvalue weighted by molar-refractivity contribution is 5.31. The van der Waals surface area contributed by atoms with Crippen LogP contribution in [-0.4, -0.2) is 16.5 Å². The number of hydrogen-bond acceptors (Lipinski definition) is 4. The summed E-state index contributed by atoms with van der Waals surface area (Å²) < 4.78 is 0. The van der Waals surface area contributed by atoms with E-state index in [-0.39, 0.29) is 18.3 Å². The first-order chi connectivity index (χ1) is 5.65. The topological polar surface area (TPSA) is 111 Å². The Bertz CT molecular complexity index is 283. The minimum atomic E-state index is -0.483.